The Kier molecular flexibility index (Phi) is 5.00. The van der Waals surface area contributed by atoms with Crippen LogP contribution in [0.2, 0.25) is 0 Å². The average Bonchev–Trinajstić information content (AvgIpc) is 2.96. The molecule has 6 heteroatoms. The Morgan fingerprint density at radius 2 is 2.30 bits per heavy atom. The molecule has 5 nitrogen and oxygen atoms in total. The number of hydrogen-bond acceptors (Lipinski definition) is 5. The summed E-state index contributed by atoms with van der Waals surface area (Å²) in [6.07, 6.45) is 1.62. The van der Waals surface area contributed by atoms with Crippen LogP contribution in [0.25, 0.3) is 0 Å². The van der Waals surface area contributed by atoms with Crippen LogP contribution in [0.15, 0.2) is 11.4 Å². The summed E-state index contributed by atoms with van der Waals surface area (Å²) in [4.78, 5) is 26.5. The molecule has 1 aliphatic rings. The summed E-state index contributed by atoms with van der Waals surface area (Å²) in [6.45, 7) is 3.31. The Hall–Kier alpha value is -1.56. The number of methoxy groups -OCH3 is 1. The highest BCUT2D eigenvalue weighted by Crippen LogP contribution is 2.25. The summed E-state index contributed by atoms with van der Waals surface area (Å²) in [5, 5.41) is 1.81. The summed E-state index contributed by atoms with van der Waals surface area (Å²) < 4.78 is 10.1. The summed E-state index contributed by atoms with van der Waals surface area (Å²) in [7, 11) is 1.58. The molecular weight excluding hydrogens is 278 g/mol. The van der Waals surface area contributed by atoms with Gasteiger partial charge in [0.2, 0.25) is 0 Å². The number of ether oxygens (including phenoxy) is 2. The molecule has 20 heavy (non-hydrogen) atoms. The molecule has 0 bridgehead atoms. The van der Waals surface area contributed by atoms with Gasteiger partial charge in [-0.15, -0.1) is 11.3 Å². The number of thiophene rings is 1. The Morgan fingerprint density at radius 1 is 1.50 bits per heavy atom. The molecule has 1 aromatic rings. The maximum atomic E-state index is 12.4. The maximum Gasteiger partial charge on any atom is 0.310 e. The number of rotatable bonds is 4. The number of amides is 1. The highest BCUT2D eigenvalue weighted by Gasteiger charge is 2.30. The van der Waals surface area contributed by atoms with Crippen molar-refractivity contribution in [2.75, 3.05) is 26.8 Å². The zero-order valence-electron chi connectivity index (χ0n) is 11.8. The van der Waals surface area contributed by atoms with Gasteiger partial charge in [0.15, 0.2) is 0 Å². The quantitative estimate of drug-likeness (QED) is 0.799. The lowest BCUT2D eigenvalue weighted by Crippen LogP contribution is -2.42. The molecule has 1 amide bonds. The lowest BCUT2D eigenvalue weighted by molar-refractivity contribution is -0.149. The molecule has 2 rings (SSSR count). The van der Waals surface area contributed by atoms with Crippen LogP contribution in [0, 0.1) is 5.92 Å². The lowest BCUT2D eigenvalue weighted by Gasteiger charge is -2.31. The number of hydrogen-bond donors (Lipinski definition) is 0. The summed E-state index contributed by atoms with van der Waals surface area (Å²) >= 11 is 1.36. The number of nitrogens with zero attached hydrogens (tertiary/aromatic N) is 1. The van der Waals surface area contributed by atoms with Crippen molar-refractivity contribution in [2.45, 2.75) is 19.8 Å². The normalized spacial score (nSPS) is 18.7. The van der Waals surface area contributed by atoms with E-state index in [0.717, 1.165) is 12.8 Å². The summed E-state index contributed by atoms with van der Waals surface area (Å²) in [6, 6.07) is 1.74. The van der Waals surface area contributed by atoms with Crippen molar-refractivity contribution in [2.24, 2.45) is 5.92 Å². The molecule has 110 valence electrons. The Bertz CT molecular complexity index is 485. The Balaban J connectivity index is 2.01. The van der Waals surface area contributed by atoms with E-state index in [1.54, 1.807) is 30.4 Å². The van der Waals surface area contributed by atoms with E-state index >= 15 is 0 Å². The van der Waals surface area contributed by atoms with Gasteiger partial charge in [-0.1, -0.05) is 0 Å². The molecule has 0 aliphatic carbocycles. The highest BCUT2D eigenvalue weighted by atomic mass is 32.1. The second-order valence-corrected chi connectivity index (χ2v) is 5.60. The number of carbonyl (C=O) groups is 2. The van der Waals surface area contributed by atoms with Gasteiger partial charge in [-0.25, -0.2) is 0 Å². The fraction of sp³-hybridized carbons (Fsp3) is 0.571. The predicted octanol–water partition coefficient (Wildman–Crippen LogP) is 2.17. The molecular formula is C14H19NO4S. The third-order valence-electron chi connectivity index (χ3n) is 3.35. The Morgan fingerprint density at radius 3 is 2.95 bits per heavy atom. The van der Waals surface area contributed by atoms with Crippen molar-refractivity contribution in [1.29, 1.82) is 0 Å². The first-order chi connectivity index (χ1) is 9.65. The minimum absolute atomic E-state index is 0.0349. The monoisotopic (exact) mass is 297 g/mol. The fourth-order valence-corrected chi connectivity index (χ4v) is 3.13. The molecule has 0 saturated carbocycles. The van der Waals surface area contributed by atoms with Gasteiger partial charge in [-0.3, -0.25) is 9.59 Å². The molecule has 0 radical (unpaired) electrons. The molecule has 0 unspecified atom stereocenters. The van der Waals surface area contributed by atoms with Gasteiger partial charge in [0.1, 0.15) is 5.75 Å². The topological polar surface area (TPSA) is 55.8 Å². The van der Waals surface area contributed by atoms with Crippen molar-refractivity contribution in [3.8, 4) is 5.75 Å². The number of carbonyl (C=O) groups excluding carboxylic acids is 2. The van der Waals surface area contributed by atoms with Crippen LogP contribution < -0.4 is 4.74 Å². The molecule has 1 aliphatic heterocycles. The second-order valence-electron chi connectivity index (χ2n) is 4.69. The molecule has 1 fully saturated rings. The van der Waals surface area contributed by atoms with Crippen LogP contribution in [0.4, 0.5) is 0 Å². The molecule has 0 aromatic carbocycles. The smallest absolute Gasteiger partial charge is 0.310 e. The van der Waals surface area contributed by atoms with Crippen molar-refractivity contribution in [1.82, 2.24) is 4.90 Å². The SMILES string of the molecule is CCOC(=O)[C@@H]1CCCN(C(=O)c2cc(OC)cs2)C1. The van der Waals surface area contributed by atoms with E-state index < -0.39 is 0 Å². The summed E-state index contributed by atoms with van der Waals surface area (Å²) in [5.41, 5.74) is 0. The first kappa shape index (κ1) is 14.8. The van der Waals surface area contributed by atoms with Crippen LogP contribution >= 0.6 is 11.3 Å². The van der Waals surface area contributed by atoms with Crippen LogP contribution in [0.1, 0.15) is 29.4 Å². The van der Waals surface area contributed by atoms with Crippen LogP contribution in [-0.2, 0) is 9.53 Å². The van der Waals surface area contributed by atoms with Gasteiger partial charge in [-0.05, 0) is 19.8 Å². The molecule has 1 saturated heterocycles. The van der Waals surface area contributed by atoms with E-state index in [4.69, 9.17) is 9.47 Å². The average molecular weight is 297 g/mol. The van der Waals surface area contributed by atoms with Gasteiger partial charge in [0.25, 0.3) is 5.91 Å². The van der Waals surface area contributed by atoms with Crippen LogP contribution in [-0.4, -0.2) is 43.6 Å². The molecule has 0 N–H and O–H groups in total. The third kappa shape index (κ3) is 3.30. The lowest BCUT2D eigenvalue weighted by atomic mass is 9.98. The fourth-order valence-electron chi connectivity index (χ4n) is 2.31. The standard InChI is InChI=1S/C14H19NO4S/c1-3-19-14(17)10-5-4-6-15(8-10)13(16)12-7-11(18-2)9-20-12/h7,9-10H,3-6,8H2,1-2H3/t10-/m1/s1. The highest BCUT2D eigenvalue weighted by molar-refractivity contribution is 7.12. The maximum absolute atomic E-state index is 12.4. The first-order valence-corrected chi connectivity index (χ1v) is 7.62. The zero-order chi connectivity index (χ0) is 14.5. The molecule has 1 atom stereocenters. The van der Waals surface area contributed by atoms with Crippen LogP contribution in [0.5, 0.6) is 5.75 Å². The van der Waals surface area contributed by atoms with Crippen molar-refractivity contribution in [3.05, 3.63) is 16.3 Å². The first-order valence-electron chi connectivity index (χ1n) is 6.74. The number of piperidine rings is 1. The van der Waals surface area contributed by atoms with Gasteiger partial charge >= 0.3 is 5.97 Å². The minimum atomic E-state index is -0.200. The largest absolute Gasteiger partial charge is 0.496 e. The van der Waals surface area contributed by atoms with Gasteiger partial charge in [0, 0.05) is 24.5 Å². The van der Waals surface area contributed by atoms with E-state index in [0.29, 0.717) is 30.3 Å². The van der Waals surface area contributed by atoms with Crippen LogP contribution in [0.3, 0.4) is 0 Å². The molecule has 2 heterocycles. The summed E-state index contributed by atoms with van der Waals surface area (Å²) in [5.74, 6) is 0.257. The number of likely N-dealkylation sites (tertiary alicyclic amines) is 1. The van der Waals surface area contributed by atoms with Gasteiger partial charge in [-0.2, -0.15) is 0 Å². The second kappa shape index (κ2) is 6.74. The van der Waals surface area contributed by atoms with Crippen molar-refractivity contribution in [3.63, 3.8) is 0 Å². The van der Waals surface area contributed by atoms with Gasteiger partial charge in [0.05, 0.1) is 24.5 Å². The van der Waals surface area contributed by atoms with Crippen molar-refractivity contribution >= 4 is 23.2 Å². The zero-order valence-corrected chi connectivity index (χ0v) is 12.6. The van der Waals surface area contributed by atoms with E-state index in [1.165, 1.54) is 11.3 Å². The minimum Gasteiger partial charge on any atom is -0.496 e. The van der Waals surface area contributed by atoms with E-state index in [2.05, 4.69) is 0 Å². The van der Waals surface area contributed by atoms with Crippen molar-refractivity contribution < 1.29 is 19.1 Å². The van der Waals surface area contributed by atoms with E-state index in [-0.39, 0.29) is 17.8 Å². The number of esters is 1. The van der Waals surface area contributed by atoms with E-state index in [1.807, 2.05) is 0 Å². The third-order valence-corrected chi connectivity index (χ3v) is 4.25. The Labute approximate surface area is 122 Å². The molecule has 0 spiro atoms. The van der Waals surface area contributed by atoms with E-state index in [9.17, 15) is 9.59 Å². The van der Waals surface area contributed by atoms with Gasteiger partial charge < -0.3 is 14.4 Å². The molecule has 1 aromatic heterocycles. The predicted molar refractivity (Wildman–Crippen MR) is 76.1 cm³/mol.